The van der Waals surface area contributed by atoms with Gasteiger partial charge in [-0.3, -0.25) is 9.20 Å². The van der Waals surface area contributed by atoms with Gasteiger partial charge in [-0.05, 0) is 19.8 Å². The molecule has 122 valence electrons. The van der Waals surface area contributed by atoms with Crippen molar-refractivity contribution in [2.45, 2.75) is 25.9 Å². The topological polar surface area (TPSA) is 75.9 Å². The van der Waals surface area contributed by atoms with Gasteiger partial charge in [0.1, 0.15) is 11.9 Å². The molecule has 2 saturated heterocycles. The van der Waals surface area contributed by atoms with E-state index >= 15 is 0 Å². The molecule has 1 amide bonds. The third-order valence-electron chi connectivity index (χ3n) is 4.57. The van der Waals surface area contributed by atoms with Crippen molar-refractivity contribution < 1.29 is 9.53 Å². The number of aryl methyl sites for hydroxylation is 1. The molecule has 8 nitrogen and oxygen atoms in total. The van der Waals surface area contributed by atoms with Crippen LogP contribution >= 0.6 is 0 Å². The summed E-state index contributed by atoms with van der Waals surface area (Å²) in [5.74, 6) is 1.81. The summed E-state index contributed by atoms with van der Waals surface area (Å²) in [4.78, 5) is 20.9. The zero-order valence-electron chi connectivity index (χ0n) is 13.2. The first-order valence-electron chi connectivity index (χ1n) is 8.06. The molecule has 0 N–H and O–H groups in total. The van der Waals surface area contributed by atoms with Crippen molar-refractivity contribution in [2.24, 2.45) is 0 Å². The number of aromatic nitrogens is 4. The van der Waals surface area contributed by atoms with Gasteiger partial charge in [0.15, 0.2) is 5.82 Å². The molecule has 0 radical (unpaired) electrons. The van der Waals surface area contributed by atoms with E-state index in [1.54, 1.807) is 6.20 Å². The molecular weight excluding hydrogens is 296 g/mol. The number of carbonyl (C=O) groups excluding carboxylic acids is 1. The van der Waals surface area contributed by atoms with Crippen LogP contribution in [-0.2, 0) is 9.53 Å². The predicted molar refractivity (Wildman–Crippen MR) is 83.3 cm³/mol. The van der Waals surface area contributed by atoms with E-state index in [1.807, 2.05) is 22.4 Å². The third kappa shape index (κ3) is 2.52. The number of amides is 1. The highest BCUT2D eigenvalue weighted by Gasteiger charge is 2.31. The molecule has 2 fully saturated rings. The lowest BCUT2D eigenvalue weighted by atomic mass is 10.2. The second-order valence-corrected chi connectivity index (χ2v) is 6.01. The number of ether oxygens (including phenoxy) is 1. The summed E-state index contributed by atoms with van der Waals surface area (Å²) in [6.45, 7) is 5.49. The van der Waals surface area contributed by atoms with Crippen LogP contribution in [0.5, 0.6) is 0 Å². The van der Waals surface area contributed by atoms with Gasteiger partial charge in [0, 0.05) is 45.2 Å². The molecule has 4 heterocycles. The van der Waals surface area contributed by atoms with E-state index in [0.717, 1.165) is 43.2 Å². The lowest BCUT2D eigenvalue weighted by Crippen LogP contribution is -2.51. The van der Waals surface area contributed by atoms with Gasteiger partial charge in [-0.15, -0.1) is 10.2 Å². The smallest absolute Gasteiger partial charge is 0.251 e. The fourth-order valence-electron chi connectivity index (χ4n) is 3.27. The van der Waals surface area contributed by atoms with Crippen LogP contribution in [0.25, 0.3) is 5.65 Å². The summed E-state index contributed by atoms with van der Waals surface area (Å²) in [5.41, 5.74) is 0.768. The predicted octanol–water partition coefficient (Wildman–Crippen LogP) is 0.260. The van der Waals surface area contributed by atoms with Gasteiger partial charge in [0.25, 0.3) is 5.91 Å². The van der Waals surface area contributed by atoms with Crippen molar-refractivity contribution in [3.05, 3.63) is 18.2 Å². The van der Waals surface area contributed by atoms with Gasteiger partial charge in [-0.1, -0.05) is 0 Å². The zero-order chi connectivity index (χ0) is 15.8. The number of rotatable bonds is 2. The Labute approximate surface area is 134 Å². The average Bonchev–Trinajstić information content (AvgIpc) is 3.25. The number of carbonyl (C=O) groups is 1. The van der Waals surface area contributed by atoms with Gasteiger partial charge in [0.05, 0.1) is 0 Å². The highest BCUT2D eigenvalue weighted by Crippen LogP contribution is 2.21. The van der Waals surface area contributed by atoms with Crippen LogP contribution in [-0.4, -0.2) is 69.3 Å². The summed E-state index contributed by atoms with van der Waals surface area (Å²) < 4.78 is 7.44. The Kier molecular flexibility index (Phi) is 3.60. The molecular formula is C15H20N6O2. The summed E-state index contributed by atoms with van der Waals surface area (Å²) in [6, 6.07) is 0. The molecule has 1 atom stereocenters. The number of fused-ring (bicyclic) bond motifs is 1. The van der Waals surface area contributed by atoms with Crippen molar-refractivity contribution in [3.8, 4) is 0 Å². The monoisotopic (exact) mass is 316 g/mol. The number of nitrogens with zero attached hydrogens (tertiary/aromatic N) is 6. The minimum atomic E-state index is -0.234. The quantitative estimate of drug-likeness (QED) is 0.791. The van der Waals surface area contributed by atoms with Crippen molar-refractivity contribution in [3.63, 3.8) is 0 Å². The molecule has 0 aliphatic carbocycles. The van der Waals surface area contributed by atoms with Crippen molar-refractivity contribution in [1.82, 2.24) is 24.5 Å². The van der Waals surface area contributed by atoms with Gasteiger partial charge in [0.2, 0.25) is 5.65 Å². The summed E-state index contributed by atoms with van der Waals surface area (Å²) >= 11 is 0. The van der Waals surface area contributed by atoms with Gasteiger partial charge in [-0.25, -0.2) is 4.98 Å². The van der Waals surface area contributed by atoms with Crippen LogP contribution in [0.4, 0.5) is 5.82 Å². The summed E-state index contributed by atoms with van der Waals surface area (Å²) in [5, 5.41) is 8.33. The molecule has 0 saturated carbocycles. The maximum atomic E-state index is 12.4. The van der Waals surface area contributed by atoms with E-state index in [1.165, 1.54) is 0 Å². The second kappa shape index (κ2) is 5.77. The molecule has 23 heavy (non-hydrogen) atoms. The molecule has 0 bridgehead atoms. The standard InChI is InChI=1S/C15H20N6O2/c1-11-17-18-14-13(16-4-5-21(11)14)19-6-8-20(9-7-19)15(22)12-3-2-10-23-12/h4-5,12H,2-3,6-10H2,1H3. The Morgan fingerprint density at radius 1 is 1.26 bits per heavy atom. The third-order valence-corrected chi connectivity index (χ3v) is 4.57. The van der Waals surface area contributed by atoms with E-state index in [2.05, 4.69) is 20.1 Å². The molecule has 8 heteroatoms. The molecule has 1 unspecified atom stereocenters. The SMILES string of the molecule is Cc1nnc2c(N3CCN(C(=O)C4CCCO4)CC3)nccn12. The first-order valence-corrected chi connectivity index (χ1v) is 8.06. The molecule has 0 spiro atoms. The Morgan fingerprint density at radius 3 is 2.83 bits per heavy atom. The molecule has 2 aliphatic rings. The summed E-state index contributed by atoms with van der Waals surface area (Å²) in [7, 11) is 0. The van der Waals surface area contributed by atoms with E-state index in [0.29, 0.717) is 19.7 Å². The lowest BCUT2D eigenvalue weighted by molar-refractivity contribution is -0.141. The van der Waals surface area contributed by atoms with Gasteiger partial charge in [-0.2, -0.15) is 0 Å². The fourth-order valence-corrected chi connectivity index (χ4v) is 3.27. The Bertz CT molecular complexity index is 716. The van der Waals surface area contributed by atoms with Crippen LogP contribution in [0.15, 0.2) is 12.4 Å². The minimum Gasteiger partial charge on any atom is -0.368 e. The molecule has 2 aliphatic heterocycles. The normalized spacial score (nSPS) is 22.0. The largest absolute Gasteiger partial charge is 0.368 e. The number of hydrogen-bond acceptors (Lipinski definition) is 6. The highest BCUT2D eigenvalue weighted by molar-refractivity contribution is 5.81. The zero-order valence-corrected chi connectivity index (χ0v) is 13.2. The first kappa shape index (κ1) is 14.4. The number of anilines is 1. The number of hydrogen-bond donors (Lipinski definition) is 0. The fraction of sp³-hybridized carbons (Fsp3) is 0.600. The van der Waals surface area contributed by atoms with Gasteiger partial charge >= 0.3 is 0 Å². The van der Waals surface area contributed by atoms with Crippen molar-refractivity contribution in [2.75, 3.05) is 37.7 Å². The maximum Gasteiger partial charge on any atom is 0.251 e. The number of piperazine rings is 1. The minimum absolute atomic E-state index is 0.131. The molecule has 2 aromatic heterocycles. The molecule has 0 aromatic carbocycles. The van der Waals surface area contributed by atoms with E-state index in [4.69, 9.17) is 4.74 Å². The highest BCUT2D eigenvalue weighted by atomic mass is 16.5. The Morgan fingerprint density at radius 2 is 2.09 bits per heavy atom. The summed E-state index contributed by atoms with van der Waals surface area (Å²) in [6.07, 6.45) is 5.23. The second-order valence-electron chi connectivity index (χ2n) is 6.01. The van der Waals surface area contributed by atoms with Crippen LogP contribution < -0.4 is 4.90 Å². The molecule has 4 rings (SSSR count). The van der Waals surface area contributed by atoms with Crippen LogP contribution in [0, 0.1) is 6.92 Å². The van der Waals surface area contributed by atoms with Gasteiger partial charge < -0.3 is 14.5 Å². The van der Waals surface area contributed by atoms with E-state index in [-0.39, 0.29) is 12.0 Å². The maximum absolute atomic E-state index is 12.4. The van der Waals surface area contributed by atoms with Crippen LogP contribution in [0.1, 0.15) is 18.7 Å². The van der Waals surface area contributed by atoms with Crippen LogP contribution in [0.3, 0.4) is 0 Å². The van der Waals surface area contributed by atoms with E-state index < -0.39 is 0 Å². The van der Waals surface area contributed by atoms with Crippen molar-refractivity contribution >= 4 is 17.4 Å². The average molecular weight is 316 g/mol. The first-order chi connectivity index (χ1) is 11.2. The van der Waals surface area contributed by atoms with Crippen LogP contribution in [0.2, 0.25) is 0 Å². The van der Waals surface area contributed by atoms with E-state index in [9.17, 15) is 4.79 Å². The van der Waals surface area contributed by atoms with Crippen molar-refractivity contribution in [1.29, 1.82) is 0 Å². The Hall–Kier alpha value is -2.22. The lowest BCUT2D eigenvalue weighted by Gasteiger charge is -2.36. The Balaban J connectivity index is 1.47. The molecule has 2 aromatic rings.